The number of hydrogen-bond donors (Lipinski definition) is 3. The van der Waals surface area contributed by atoms with Crippen molar-refractivity contribution in [2.75, 3.05) is 13.2 Å². The van der Waals surface area contributed by atoms with Gasteiger partial charge in [-0.25, -0.2) is 0 Å². The standard InChI is InChI=1S/C17H23NO2/c1-12(11-19)13(2)18-10-17(20)16-8-7-14-5-3-4-6-15(14)9-16/h3-9,12-13,17-20H,10-11H2,1-2H3. The lowest BCUT2D eigenvalue weighted by atomic mass is 10.0. The third-order valence-corrected chi connectivity index (χ3v) is 3.93. The van der Waals surface area contributed by atoms with Crippen LogP contribution in [-0.2, 0) is 0 Å². The molecule has 3 heteroatoms. The first-order chi connectivity index (χ1) is 9.61. The van der Waals surface area contributed by atoms with Crippen molar-refractivity contribution in [1.29, 1.82) is 0 Å². The zero-order chi connectivity index (χ0) is 14.5. The number of benzene rings is 2. The predicted molar refractivity (Wildman–Crippen MR) is 82.6 cm³/mol. The van der Waals surface area contributed by atoms with E-state index in [9.17, 15) is 5.11 Å². The van der Waals surface area contributed by atoms with E-state index in [0.29, 0.717) is 6.54 Å². The van der Waals surface area contributed by atoms with Crippen molar-refractivity contribution in [3.8, 4) is 0 Å². The van der Waals surface area contributed by atoms with Crippen LogP contribution in [0.25, 0.3) is 10.8 Å². The van der Waals surface area contributed by atoms with E-state index in [4.69, 9.17) is 5.11 Å². The first kappa shape index (κ1) is 15.0. The van der Waals surface area contributed by atoms with Crippen molar-refractivity contribution in [1.82, 2.24) is 5.32 Å². The molecule has 0 saturated heterocycles. The summed E-state index contributed by atoms with van der Waals surface area (Å²) < 4.78 is 0. The summed E-state index contributed by atoms with van der Waals surface area (Å²) in [7, 11) is 0. The van der Waals surface area contributed by atoms with Crippen molar-refractivity contribution in [3.63, 3.8) is 0 Å². The zero-order valence-electron chi connectivity index (χ0n) is 12.1. The Kier molecular flexibility index (Phi) is 5.12. The van der Waals surface area contributed by atoms with Crippen LogP contribution in [0.1, 0.15) is 25.5 Å². The molecule has 0 aliphatic heterocycles. The van der Waals surface area contributed by atoms with E-state index >= 15 is 0 Å². The molecule has 2 aromatic carbocycles. The third-order valence-electron chi connectivity index (χ3n) is 3.93. The van der Waals surface area contributed by atoms with Gasteiger partial charge >= 0.3 is 0 Å². The smallest absolute Gasteiger partial charge is 0.0914 e. The van der Waals surface area contributed by atoms with Gasteiger partial charge in [-0.15, -0.1) is 0 Å². The fourth-order valence-electron chi connectivity index (χ4n) is 2.19. The summed E-state index contributed by atoms with van der Waals surface area (Å²) in [5, 5.41) is 25.0. The van der Waals surface area contributed by atoms with Gasteiger partial charge in [0.05, 0.1) is 6.10 Å². The summed E-state index contributed by atoms with van der Waals surface area (Å²) >= 11 is 0. The molecule has 0 radical (unpaired) electrons. The van der Waals surface area contributed by atoms with E-state index in [1.165, 1.54) is 5.39 Å². The quantitative estimate of drug-likeness (QED) is 0.758. The summed E-state index contributed by atoms with van der Waals surface area (Å²) in [4.78, 5) is 0. The molecule has 0 saturated carbocycles. The minimum atomic E-state index is -0.534. The average Bonchev–Trinajstić information content (AvgIpc) is 2.50. The molecular weight excluding hydrogens is 250 g/mol. The van der Waals surface area contributed by atoms with Gasteiger partial charge < -0.3 is 15.5 Å². The summed E-state index contributed by atoms with van der Waals surface area (Å²) in [6.45, 7) is 4.65. The number of aliphatic hydroxyl groups excluding tert-OH is 2. The average molecular weight is 273 g/mol. The number of hydrogen-bond acceptors (Lipinski definition) is 3. The number of rotatable bonds is 6. The van der Waals surface area contributed by atoms with Gasteiger partial charge in [-0.3, -0.25) is 0 Å². The summed E-state index contributed by atoms with van der Waals surface area (Å²) in [5.74, 6) is 0.179. The Morgan fingerprint density at radius 1 is 1.05 bits per heavy atom. The van der Waals surface area contributed by atoms with Gasteiger partial charge in [0.15, 0.2) is 0 Å². The molecule has 3 nitrogen and oxygen atoms in total. The van der Waals surface area contributed by atoms with E-state index in [-0.39, 0.29) is 18.6 Å². The lowest BCUT2D eigenvalue weighted by molar-refractivity contribution is 0.155. The molecule has 3 unspecified atom stereocenters. The molecule has 20 heavy (non-hydrogen) atoms. The van der Waals surface area contributed by atoms with Crippen LogP contribution in [-0.4, -0.2) is 29.4 Å². The molecule has 108 valence electrons. The summed E-state index contributed by atoms with van der Waals surface area (Å²) in [5.41, 5.74) is 0.917. The van der Waals surface area contributed by atoms with E-state index in [2.05, 4.69) is 17.4 Å². The Morgan fingerprint density at radius 2 is 1.75 bits per heavy atom. The van der Waals surface area contributed by atoms with Gasteiger partial charge in [-0.05, 0) is 35.2 Å². The maximum absolute atomic E-state index is 10.3. The first-order valence-electron chi connectivity index (χ1n) is 7.13. The lowest BCUT2D eigenvalue weighted by Crippen LogP contribution is -2.36. The Hall–Kier alpha value is -1.42. The number of nitrogens with one attached hydrogen (secondary N) is 1. The third kappa shape index (κ3) is 3.57. The van der Waals surface area contributed by atoms with Crippen LogP contribution in [0.5, 0.6) is 0 Å². The highest BCUT2D eigenvalue weighted by Crippen LogP contribution is 2.20. The van der Waals surface area contributed by atoms with Gasteiger partial charge in [0, 0.05) is 19.2 Å². The Bertz CT molecular complexity index is 555. The molecule has 0 amide bonds. The van der Waals surface area contributed by atoms with Crippen LogP contribution < -0.4 is 5.32 Å². The molecule has 3 N–H and O–H groups in total. The van der Waals surface area contributed by atoms with Crippen LogP contribution in [0, 0.1) is 5.92 Å². The molecule has 3 atom stereocenters. The molecule has 0 aromatic heterocycles. The van der Waals surface area contributed by atoms with Gasteiger partial charge in [0.25, 0.3) is 0 Å². The van der Waals surface area contributed by atoms with Gasteiger partial charge in [0.2, 0.25) is 0 Å². The molecule has 2 rings (SSSR count). The second kappa shape index (κ2) is 6.84. The monoisotopic (exact) mass is 273 g/mol. The minimum absolute atomic E-state index is 0.153. The second-order valence-corrected chi connectivity index (χ2v) is 5.48. The molecule has 0 aliphatic carbocycles. The van der Waals surface area contributed by atoms with Crippen molar-refractivity contribution in [2.24, 2.45) is 5.92 Å². The second-order valence-electron chi connectivity index (χ2n) is 5.48. The molecule has 0 fully saturated rings. The molecular formula is C17H23NO2. The Balaban J connectivity index is 2.02. The fourth-order valence-corrected chi connectivity index (χ4v) is 2.19. The molecule has 0 aliphatic rings. The van der Waals surface area contributed by atoms with Crippen LogP contribution in [0.2, 0.25) is 0 Å². The van der Waals surface area contributed by atoms with Crippen molar-refractivity contribution in [3.05, 3.63) is 48.0 Å². The molecule has 0 spiro atoms. The van der Waals surface area contributed by atoms with Crippen molar-refractivity contribution < 1.29 is 10.2 Å². The van der Waals surface area contributed by atoms with E-state index in [1.807, 2.05) is 44.2 Å². The van der Waals surface area contributed by atoms with E-state index < -0.39 is 6.10 Å². The van der Waals surface area contributed by atoms with Gasteiger partial charge in [-0.1, -0.05) is 43.3 Å². The highest BCUT2D eigenvalue weighted by atomic mass is 16.3. The van der Waals surface area contributed by atoms with Crippen molar-refractivity contribution >= 4 is 10.8 Å². The largest absolute Gasteiger partial charge is 0.396 e. The number of fused-ring (bicyclic) bond motifs is 1. The summed E-state index contributed by atoms with van der Waals surface area (Å²) in [6, 6.07) is 14.3. The molecule has 0 heterocycles. The van der Waals surface area contributed by atoms with Crippen LogP contribution >= 0.6 is 0 Å². The van der Waals surface area contributed by atoms with E-state index in [1.54, 1.807) is 0 Å². The van der Waals surface area contributed by atoms with E-state index in [0.717, 1.165) is 10.9 Å². The van der Waals surface area contributed by atoms with Gasteiger partial charge in [-0.2, -0.15) is 0 Å². The van der Waals surface area contributed by atoms with Crippen LogP contribution in [0.4, 0.5) is 0 Å². The normalized spacial score (nSPS) is 16.0. The molecule has 0 bridgehead atoms. The topological polar surface area (TPSA) is 52.5 Å². The highest BCUT2D eigenvalue weighted by Gasteiger charge is 2.13. The Labute approximate surface area is 120 Å². The van der Waals surface area contributed by atoms with Crippen LogP contribution in [0.15, 0.2) is 42.5 Å². The maximum atomic E-state index is 10.3. The first-order valence-corrected chi connectivity index (χ1v) is 7.13. The maximum Gasteiger partial charge on any atom is 0.0914 e. The summed E-state index contributed by atoms with van der Waals surface area (Å²) in [6.07, 6.45) is -0.534. The SMILES string of the molecule is CC(CO)C(C)NCC(O)c1ccc2ccccc2c1. The zero-order valence-corrected chi connectivity index (χ0v) is 12.1. The minimum Gasteiger partial charge on any atom is -0.396 e. The lowest BCUT2D eigenvalue weighted by Gasteiger charge is -2.21. The highest BCUT2D eigenvalue weighted by molar-refractivity contribution is 5.83. The number of aliphatic hydroxyl groups is 2. The predicted octanol–water partition coefficient (Wildman–Crippen LogP) is 2.48. The molecule has 2 aromatic rings. The van der Waals surface area contributed by atoms with Gasteiger partial charge in [0.1, 0.15) is 0 Å². The Morgan fingerprint density at radius 3 is 2.45 bits per heavy atom. The van der Waals surface area contributed by atoms with Crippen molar-refractivity contribution in [2.45, 2.75) is 26.0 Å². The van der Waals surface area contributed by atoms with Crippen LogP contribution in [0.3, 0.4) is 0 Å². The fraction of sp³-hybridized carbons (Fsp3) is 0.412.